The Morgan fingerprint density at radius 3 is 2.81 bits per heavy atom. The molecule has 1 fully saturated rings. The molecule has 15 heteroatoms. The molecule has 0 radical (unpaired) electrons. The van der Waals surface area contributed by atoms with Crippen molar-refractivity contribution in [3.8, 4) is 0 Å². The lowest BCUT2D eigenvalue weighted by molar-refractivity contribution is -0.687. The summed E-state index contributed by atoms with van der Waals surface area (Å²) in [5, 5.41) is 25.5. The maximum Gasteiger partial charge on any atom is 0.352 e. The number of thioether (sulfide) groups is 1. The van der Waals surface area contributed by atoms with Crippen molar-refractivity contribution >= 4 is 57.6 Å². The fourth-order valence-corrected chi connectivity index (χ4v) is 5.55. The molecule has 0 bridgehead atoms. The van der Waals surface area contributed by atoms with Gasteiger partial charge in [-0.05, 0) is 17.7 Å². The zero-order valence-corrected chi connectivity index (χ0v) is 20.0. The van der Waals surface area contributed by atoms with Crippen LogP contribution < -0.4 is 21.4 Å². The molecule has 1 saturated heterocycles. The van der Waals surface area contributed by atoms with Gasteiger partial charge in [-0.3, -0.25) is 19.3 Å². The zero-order chi connectivity index (χ0) is 26.0. The molecule has 186 valence electrons. The number of nitrogens with two attached hydrogens (primary N) is 2. The highest BCUT2D eigenvalue weighted by Crippen LogP contribution is 2.40. The number of anilines is 1. The fourth-order valence-electron chi connectivity index (χ4n) is 3.69. The number of nitrogens with one attached hydrogen (secondary N) is 1. The van der Waals surface area contributed by atoms with Crippen molar-refractivity contribution < 1.29 is 34.1 Å². The van der Waals surface area contributed by atoms with Gasteiger partial charge in [-0.2, -0.15) is 0 Å². The first-order chi connectivity index (χ1) is 17.2. The lowest BCUT2D eigenvalue weighted by Gasteiger charge is -2.49. The summed E-state index contributed by atoms with van der Waals surface area (Å²) >= 11 is 2.33. The van der Waals surface area contributed by atoms with Crippen LogP contribution in [0.5, 0.6) is 0 Å². The van der Waals surface area contributed by atoms with E-state index in [4.69, 9.17) is 11.5 Å². The Kier molecular flexibility index (Phi) is 7.03. The van der Waals surface area contributed by atoms with Crippen LogP contribution in [-0.2, 0) is 20.9 Å². The Morgan fingerprint density at radius 1 is 1.39 bits per heavy atom. The van der Waals surface area contributed by atoms with E-state index in [9.17, 15) is 29.5 Å². The first kappa shape index (κ1) is 24.9. The Labute approximate surface area is 211 Å². The summed E-state index contributed by atoms with van der Waals surface area (Å²) in [6.07, 6.45) is 6.61. The smallest absolute Gasteiger partial charge is 0.352 e. The van der Waals surface area contributed by atoms with E-state index < -0.39 is 40.8 Å². The fraction of sp³-hybridized carbons (Fsp3) is 0.190. The SMILES string of the molecule is NC(=O)c1ccc[n+](C/C=C/C2=C(C(=O)O)N3C(=O)[C@@H](NC(=O)C(=NO)c4csc(N)n4)[C@@H]3SC2)c1. The number of hydrogen-bond donors (Lipinski definition) is 5. The number of nitrogen functional groups attached to an aromatic ring is 1. The van der Waals surface area contributed by atoms with E-state index in [-0.39, 0.29) is 22.3 Å². The second-order valence-electron chi connectivity index (χ2n) is 7.62. The molecule has 0 unspecified atom stereocenters. The highest BCUT2D eigenvalue weighted by atomic mass is 32.2. The number of nitrogens with zero attached hydrogens (tertiary/aromatic N) is 4. The van der Waals surface area contributed by atoms with Crippen LogP contribution in [0.1, 0.15) is 16.1 Å². The van der Waals surface area contributed by atoms with Gasteiger partial charge >= 0.3 is 5.97 Å². The van der Waals surface area contributed by atoms with Crippen molar-refractivity contribution in [2.75, 3.05) is 11.5 Å². The lowest BCUT2D eigenvalue weighted by Crippen LogP contribution is -2.71. The third kappa shape index (κ3) is 4.78. The molecule has 0 spiro atoms. The van der Waals surface area contributed by atoms with Crippen LogP contribution in [-0.4, -0.2) is 66.8 Å². The quantitative estimate of drug-likeness (QED) is 0.0959. The van der Waals surface area contributed by atoms with Crippen molar-refractivity contribution in [2.45, 2.75) is 18.0 Å². The maximum absolute atomic E-state index is 12.8. The number of oxime groups is 1. The number of hydrogen-bond acceptors (Lipinski definition) is 10. The number of amides is 3. The topological polar surface area (TPSA) is 205 Å². The van der Waals surface area contributed by atoms with Crippen LogP contribution in [0.2, 0.25) is 0 Å². The number of aromatic nitrogens is 2. The number of thiazole rings is 1. The summed E-state index contributed by atoms with van der Waals surface area (Å²) in [6.45, 7) is 0.336. The predicted octanol–water partition coefficient (Wildman–Crippen LogP) is -0.715. The van der Waals surface area contributed by atoms with Crippen LogP contribution in [0.3, 0.4) is 0 Å². The minimum absolute atomic E-state index is 0.0511. The molecule has 2 aromatic rings. The number of fused-ring (bicyclic) bond motifs is 1. The highest BCUT2D eigenvalue weighted by molar-refractivity contribution is 8.00. The Hall–Kier alpha value is -4.24. The molecule has 4 rings (SSSR count). The number of allylic oxidation sites excluding steroid dienone is 2. The van der Waals surface area contributed by atoms with Crippen molar-refractivity contribution in [2.24, 2.45) is 10.9 Å². The molecule has 0 aliphatic carbocycles. The van der Waals surface area contributed by atoms with Crippen molar-refractivity contribution in [1.29, 1.82) is 0 Å². The van der Waals surface area contributed by atoms with E-state index >= 15 is 0 Å². The summed E-state index contributed by atoms with van der Waals surface area (Å²) in [7, 11) is 0. The van der Waals surface area contributed by atoms with Crippen LogP contribution in [0.4, 0.5) is 5.13 Å². The normalized spacial score (nSPS) is 19.7. The van der Waals surface area contributed by atoms with Gasteiger partial charge in [-0.15, -0.1) is 23.1 Å². The molecule has 4 heterocycles. The Bertz CT molecular complexity index is 1350. The first-order valence-corrected chi connectivity index (χ1v) is 12.2. The molecule has 3 amide bonds. The standard InChI is InChI=1S/C21H19N7O6S2/c22-16(29)10-3-1-5-27(7-10)6-2-4-11-8-35-19-14(18(31)28(19)15(11)20(32)33)25-17(30)13(26-34)12-9-36-21(23)24-12/h1-5,7,9,14,19H,6,8H2,(H6-,22,23,24,25,29,30,32,33,34)/p+1/b4-2+/t14-,19+/m1/s1. The molecular weight excluding hydrogens is 510 g/mol. The van der Waals surface area contributed by atoms with E-state index in [0.29, 0.717) is 17.7 Å². The van der Waals surface area contributed by atoms with E-state index in [1.807, 2.05) is 0 Å². The molecule has 0 aromatic carbocycles. The monoisotopic (exact) mass is 530 g/mol. The minimum atomic E-state index is -1.28. The summed E-state index contributed by atoms with van der Waals surface area (Å²) in [6, 6.07) is 2.24. The summed E-state index contributed by atoms with van der Waals surface area (Å²) in [4.78, 5) is 53.8. The molecule has 2 atom stereocenters. The van der Waals surface area contributed by atoms with Gasteiger partial charge in [0, 0.05) is 17.2 Å². The van der Waals surface area contributed by atoms with E-state index in [2.05, 4.69) is 15.5 Å². The predicted molar refractivity (Wildman–Crippen MR) is 129 cm³/mol. The van der Waals surface area contributed by atoms with Gasteiger partial charge in [0.15, 0.2) is 29.8 Å². The van der Waals surface area contributed by atoms with Crippen LogP contribution in [0, 0.1) is 0 Å². The summed E-state index contributed by atoms with van der Waals surface area (Å²) in [5.74, 6) is -3.03. The first-order valence-electron chi connectivity index (χ1n) is 10.3. The number of rotatable bonds is 8. The second-order valence-corrected chi connectivity index (χ2v) is 9.61. The number of carboxylic acids is 1. The highest BCUT2D eigenvalue weighted by Gasteiger charge is 2.54. The molecule has 2 aliphatic rings. The lowest BCUT2D eigenvalue weighted by atomic mass is 10.0. The van der Waals surface area contributed by atoms with Gasteiger partial charge in [0.1, 0.15) is 28.4 Å². The number of carboxylic acid groups (broad SMARTS) is 1. The average molecular weight is 531 g/mol. The van der Waals surface area contributed by atoms with Gasteiger partial charge in [-0.25, -0.2) is 14.3 Å². The molecule has 2 aromatic heterocycles. The van der Waals surface area contributed by atoms with Crippen LogP contribution in [0.15, 0.2) is 58.5 Å². The number of aliphatic carboxylic acids is 1. The van der Waals surface area contributed by atoms with Crippen molar-refractivity contribution in [3.63, 3.8) is 0 Å². The molecule has 7 N–H and O–H groups in total. The number of primary amides is 1. The number of carbonyl (C=O) groups is 4. The minimum Gasteiger partial charge on any atom is -0.477 e. The molecule has 0 saturated carbocycles. The average Bonchev–Trinajstić information content (AvgIpc) is 3.28. The van der Waals surface area contributed by atoms with E-state index in [1.54, 1.807) is 41.2 Å². The van der Waals surface area contributed by atoms with Gasteiger partial charge < -0.3 is 27.1 Å². The van der Waals surface area contributed by atoms with Crippen molar-refractivity contribution in [3.05, 3.63) is 64.6 Å². The Balaban J connectivity index is 1.48. The Morgan fingerprint density at radius 2 is 2.17 bits per heavy atom. The van der Waals surface area contributed by atoms with E-state index in [0.717, 1.165) is 16.2 Å². The van der Waals surface area contributed by atoms with Gasteiger partial charge in [-0.1, -0.05) is 11.2 Å². The molecule has 2 aliphatic heterocycles. The second kappa shape index (κ2) is 10.2. The van der Waals surface area contributed by atoms with E-state index in [1.165, 1.54) is 17.1 Å². The van der Waals surface area contributed by atoms with Crippen molar-refractivity contribution in [1.82, 2.24) is 15.2 Å². The summed E-state index contributed by atoms with van der Waals surface area (Å²) in [5.41, 5.74) is 11.1. The third-order valence-corrected chi connectivity index (χ3v) is 7.32. The van der Waals surface area contributed by atoms with Gasteiger partial charge in [0.05, 0.1) is 0 Å². The van der Waals surface area contributed by atoms with Crippen LogP contribution in [0.25, 0.3) is 0 Å². The molecule has 36 heavy (non-hydrogen) atoms. The molecule has 13 nitrogen and oxygen atoms in total. The largest absolute Gasteiger partial charge is 0.477 e. The van der Waals surface area contributed by atoms with Gasteiger partial charge in [0.25, 0.3) is 17.7 Å². The third-order valence-electron chi connectivity index (χ3n) is 5.34. The maximum atomic E-state index is 12.8. The number of carbonyl (C=O) groups excluding carboxylic acids is 3. The van der Waals surface area contributed by atoms with Gasteiger partial charge in [0.2, 0.25) is 0 Å². The number of pyridine rings is 1. The number of β-lactam (4-membered cyclic amide) rings is 1. The summed E-state index contributed by atoms with van der Waals surface area (Å²) < 4.78 is 1.70. The zero-order valence-electron chi connectivity index (χ0n) is 18.4. The molecular formula is C21H20N7O6S2+. The van der Waals surface area contributed by atoms with Crippen LogP contribution >= 0.6 is 23.1 Å².